The summed E-state index contributed by atoms with van der Waals surface area (Å²) in [5.74, 6) is 0.569. The number of hydrogen-bond acceptors (Lipinski definition) is 4. The van der Waals surface area contributed by atoms with Crippen LogP contribution in [0.2, 0.25) is 0 Å². The Morgan fingerprint density at radius 3 is 2.28 bits per heavy atom. The van der Waals surface area contributed by atoms with E-state index in [0.29, 0.717) is 22.5 Å². The molecule has 3 aromatic carbocycles. The molecule has 1 aliphatic rings. The van der Waals surface area contributed by atoms with Gasteiger partial charge >= 0.3 is 0 Å². The average molecular weight is 499 g/mol. The summed E-state index contributed by atoms with van der Waals surface area (Å²) in [6, 6.07) is 22.6. The lowest BCUT2D eigenvalue weighted by Crippen LogP contribution is -2.46. The molecule has 1 unspecified atom stereocenters. The quantitative estimate of drug-likeness (QED) is 0.293. The Balaban J connectivity index is 1.62. The van der Waals surface area contributed by atoms with E-state index in [2.05, 4.69) is 60.7 Å². The predicted molar refractivity (Wildman–Crippen MR) is 145 cm³/mol. The van der Waals surface area contributed by atoms with E-state index in [9.17, 15) is 4.39 Å². The largest absolute Gasteiger partial charge is 0.351 e. The molecular weight excluding hydrogens is 471 g/mol. The molecule has 5 rings (SSSR count). The second-order valence-corrected chi connectivity index (χ2v) is 9.15. The molecule has 1 N–H and O–H groups in total. The topological polar surface area (TPSA) is 54.2 Å². The molecule has 1 aromatic heterocycles. The van der Waals surface area contributed by atoms with E-state index in [1.54, 1.807) is 6.07 Å². The van der Waals surface area contributed by atoms with Gasteiger partial charge in [0.1, 0.15) is 5.82 Å². The van der Waals surface area contributed by atoms with Crippen LogP contribution in [0, 0.1) is 5.82 Å². The van der Waals surface area contributed by atoms with Crippen LogP contribution < -0.4 is 10.2 Å². The number of rotatable bonds is 6. The van der Waals surface area contributed by atoms with Crippen molar-refractivity contribution in [2.75, 3.05) is 4.90 Å². The second kappa shape index (κ2) is 10.0. The lowest BCUT2D eigenvalue weighted by Gasteiger charge is -2.37. The number of anilines is 1. The lowest BCUT2D eigenvalue weighted by molar-refractivity contribution is 0.404. The van der Waals surface area contributed by atoms with Crippen molar-refractivity contribution in [3.63, 3.8) is 0 Å². The lowest BCUT2D eigenvalue weighted by atomic mass is 9.93. The maximum Gasteiger partial charge on any atom is 0.258 e. The monoisotopic (exact) mass is 498 g/mol. The average Bonchev–Trinajstić information content (AvgIpc) is 3.38. The molecule has 0 amide bonds. The van der Waals surface area contributed by atoms with Crippen LogP contribution in [0.4, 0.5) is 10.1 Å². The van der Waals surface area contributed by atoms with Gasteiger partial charge in [-0.1, -0.05) is 73.6 Å². The van der Waals surface area contributed by atoms with Crippen molar-refractivity contribution in [2.24, 2.45) is 0 Å². The summed E-state index contributed by atoms with van der Waals surface area (Å²) in [7, 11) is 0. The van der Waals surface area contributed by atoms with Gasteiger partial charge < -0.3 is 9.84 Å². The molecule has 0 aliphatic carbocycles. The van der Waals surface area contributed by atoms with Crippen LogP contribution >= 0.6 is 12.2 Å². The van der Waals surface area contributed by atoms with Gasteiger partial charge in [-0.05, 0) is 66.9 Å². The molecular formula is C29H27FN4OS. The zero-order valence-corrected chi connectivity index (χ0v) is 21.3. The predicted octanol–water partition coefficient (Wildman–Crippen LogP) is 6.87. The third kappa shape index (κ3) is 4.54. The number of nitrogens with one attached hydrogen (secondary N) is 1. The summed E-state index contributed by atoms with van der Waals surface area (Å²) in [6.45, 7) is 6.19. The Morgan fingerprint density at radius 2 is 1.64 bits per heavy atom. The molecule has 4 aromatic rings. The molecule has 0 fully saturated rings. The first kappa shape index (κ1) is 23.9. The minimum absolute atomic E-state index is 0.302. The van der Waals surface area contributed by atoms with Gasteiger partial charge in [0.05, 0.1) is 17.3 Å². The van der Waals surface area contributed by atoms with Gasteiger partial charge in [0.2, 0.25) is 5.82 Å². The van der Waals surface area contributed by atoms with E-state index in [4.69, 9.17) is 21.7 Å². The molecule has 1 aliphatic heterocycles. The number of aryl methyl sites for hydroxylation is 2. The number of halogens is 1. The van der Waals surface area contributed by atoms with E-state index in [1.165, 1.54) is 23.3 Å². The first-order valence-electron chi connectivity index (χ1n) is 12.1. The van der Waals surface area contributed by atoms with Crippen LogP contribution in [0.25, 0.3) is 17.0 Å². The third-order valence-corrected chi connectivity index (χ3v) is 6.85. The minimum atomic E-state index is -0.336. The molecule has 0 saturated heterocycles. The first-order valence-corrected chi connectivity index (χ1v) is 12.5. The Morgan fingerprint density at radius 1 is 0.972 bits per heavy atom. The van der Waals surface area contributed by atoms with Crippen LogP contribution in [0.1, 0.15) is 49.4 Å². The van der Waals surface area contributed by atoms with Gasteiger partial charge in [0.15, 0.2) is 5.11 Å². The highest BCUT2D eigenvalue weighted by Crippen LogP contribution is 2.39. The maximum atomic E-state index is 14.1. The van der Waals surface area contributed by atoms with Crippen molar-refractivity contribution in [3.8, 4) is 11.4 Å². The Kier molecular flexibility index (Phi) is 6.65. The van der Waals surface area contributed by atoms with Crippen LogP contribution in [-0.4, -0.2) is 15.3 Å². The number of allylic oxidation sites excluding steroid dienone is 1. The Hall–Kier alpha value is -3.84. The highest BCUT2D eigenvalue weighted by atomic mass is 32.1. The molecule has 2 heterocycles. The molecule has 0 bridgehead atoms. The number of benzene rings is 3. The highest BCUT2D eigenvalue weighted by molar-refractivity contribution is 7.80. The van der Waals surface area contributed by atoms with Crippen molar-refractivity contribution in [3.05, 3.63) is 107 Å². The highest BCUT2D eigenvalue weighted by Gasteiger charge is 2.35. The normalized spacial score (nSPS) is 15.8. The zero-order valence-electron chi connectivity index (χ0n) is 20.5. The molecule has 36 heavy (non-hydrogen) atoms. The van der Waals surface area contributed by atoms with Gasteiger partial charge in [-0.2, -0.15) is 4.98 Å². The summed E-state index contributed by atoms with van der Waals surface area (Å²) in [5.41, 5.74) is 6.60. The first-order chi connectivity index (χ1) is 17.5. The van der Waals surface area contributed by atoms with Gasteiger partial charge in [0, 0.05) is 11.3 Å². The SMILES string of the molecule is CCc1ccc(-c2noc(C3=C(C)N(c4cccc(F)c4)C(=S)NC3c3ccc(CC)cc3)n2)cc1. The standard InChI is InChI=1S/C29H27FN4OS/c1-4-19-9-13-21(14-10-19)26-25(18(3)34(29(36)31-26)24-8-6-7-23(30)17-24)28-32-27(33-35-28)22-15-11-20(5-2)12-16-22/h6-17,26H,4-5H2,1-3H3,(H,31,36). The van der Waals surface area contributed by atoms with E-state index >= 15 is 0 Å². The van der Waals surface area contributed by atoms with Crippen LogP contribution in [-0.2, 0) is 12.8 Å². The van der Waals surface area contributed by atoms with Crippen molar-refractivity contribution in [1.82, 2.24) is 15.5 Å². The van der Waals surface area contributed by atoms with E-state index in [1.807, 2.05) is 30.0 Å². The van der Waals surface area contributed by atoms with Gasteiger partial charge in [-0.3, -0.25) is 4.90 Å². The summed E-state index contributed by atoms with van der Waals surface area (Å²) in [5, 5.41) is 8.18. The number of aromatic nitrogens is 2. The third-order valence-electron chi connectivity index (χ3n) is 6.55. The van der Waals surface area contributed by atoms with Crippen molar-refractivity contribution in [2.45, 2.75) is 39.7 Å². The fraction of sp³-hybridized carbons (Fsp3) is 0.207. The maximum absolute atomic E-state index is 14.1. The van der Waals surface area contributed by atoms with E-state index in [-0.39, 0.29) is 11.9 Å². The Labute approximate surface area is 215 Å². The summed E-state index contributed by atoms with van der Waals surface area (Å²) < 4.78 is 19.9. The molecule has 0 spiro atoms. The molecule has 7 heteroatoms. The summed E-state index contributed by atoms with van der Waals surface area (Å²) in [4.78, 5) is 6.58. The number of nitrogens with zero attached hydrogens (tertiary/aromatic N) is 3. The van der Waals surface area contributed by atoms with Crippen molar-refractivity contribution < 1.29 is 8.91 Å². The molecule has 182 valence electrons. The van der Waals surface area contributed by atoms with Gasteiger partial charge in [-0.25, -0.2) is 4.39 Å². The van der Waals surface area contributed by atoms with Gasteiger partial charge in [-0.15, -0.1) is 0 Å². The minimum Gasteiger partial charge on any atom is -0.351 e. The number of hydrogen-bond donors (Lipinski definition) is 1. The Bertz CT molecular complexity index is 1430. The fourth-order valence-electron chi connectivity index (χ4n) is 4.48. The summed E-state index contributed by atoms with van der Waals surface area (Å²) in [6.07, 6.45) is 1.92. The van der Waals surface area contributed by atoms with Gasteiger partial charge in [0.25, 0.3) is 5.89 Å². The molecule has 5 nitrogen and oxygen atoms in total. The smallest absolute Gasteiger partial charge is 0.258 e. The van der Waals surface area contributed by atoms with E-state index < -0.39 is 0 Å². The zero-order chi connectivity index (χ0) is 25.2. The van der Waals surface area contributed by atoms with Crippen LogP contribution in [0.15, 0.2) is 83.0 Å². The van der Waals surface area contributed by atoms with Crippen molar-refractivity contribution >= 4 is 28.6 Å². The van der Waals surface area contributed by atoms with Crippen LogP contribution in [0.5, 0.6) is 0 Å². The number of thiocarbonyl (C=S) groups is 1. The summed E-state index contributed by atoms with van der Waals surface area (Å²) >= 11 is 5.76. The molecule has 0 saturated carbocycles. The van der Waals surface area contributed by atoms with Crippen molar-refractivity contribution in [1.29, 1.82) is 0 Å². The fourth-order valence-corrected chi connectivity index (χ4v) is 4.84. The molecule has 0 radical (unpaired) electrons. The second-order valence-electron chi connectivity index (χ2n) is 8.77. The van der Waals surface area contributed by atoms with E-state index in [0.717, 1.165) is 35.2 Å². The van der Waals surface area contributed by atoms with Crippen LogP contribution in [0.3, 0.4) is 0 Å². The molecule has 1 atom stereocenters.